The summed E-state index contributed by atoms with van der Waals surface area (Å²) in [6.45, 7) is 2.82. The van der Waals surface area contributed by atoms with Crippen LogP contribution in [0.5, 0.6) is 0 Å². The number of nitrogens with zero attached hydrogens (tertiary/aromatic N) is 2. The fraction of sp³-hybridized carbons (Fsp3) is 0.538. The van der Waals surface area contributed by atoms with Crippen LogP contribution in [0.1, 0.15) is 23.7 Å². The summed E-state index contributed by atoms with van der Waals surface area (Å²) < 4.78 is 10.3. The second-order valence-corrected chi connectivity index (χ2v) is 4.44. The average Bonchev–Trinajstić information content (AvgIpc) is 2.83. The summed E-state index contributed by atoms with van der Waals surface area (Å²) in [5.74, 6) is 0.419. The minimum absolute atomic E-state index is 0.179. The van der Waals surface area contributed by atoms with E-state index >= 15 is 0 Å². The molecule has 0 saturated carbocycles. The first kappa shape index (κ1) is 12.8. The van der Waals surface area contributed by atoms with Gasteiger partial charge in [-0.3, -0.25) is 0 Å². The highest BCUT2D eigenvalue weighted by atomic mass is 16.5. The summed E-state index contributed by atoms with van der Waals surface area (Å²) in [6, 6.07) is 3.69. The zero-order valence-electron chi connectivity index (χ0n) is 10.9. The van der Waals surface area contributed by atoms with Crippen LogP contribution in [-0.2, 0) is 9.47 Å². The molecule has 5 heteroatoms. The Morgan fingerprint density at radius 3 is 3.00 bits per heavy atom. The van der Waals surface area contributed by atoms with Gasteiger partial charge in [-0.15, -0.1) is 0 Å². The third-order valence-corrected chi connectivity index (χ3v) is 3.36. The van der Waals surface area contributed by atoms with Crippen LogP contribution in [-0.4, -0.2) is 43.9 Å². The van der Waals surface area contributed by atoms with Crippen LogP contribution in [0.15, 0.2) is 18.3 Å². The lowest BCUT2D eigenvalue weighted by Crippen LogP contribution is -2.37. The molecular formula is C13H18N2O3. The normalized spacial score (nSPS) is 22.8. The zero-order valence-corrected chi connectivity index (χ0v) is 10.9. The fourth-order valence-corrected chi connectivity index (χ4v) is 2.26. The molecule has 0 radical (unpaired) electrons. The first-order valence-electron chi connectivity index (χ1n) is 6.02. The molecule has 0 aromatic carbocycles. The Hall–Kier alpha value is -1.62. The fourth-order valence-electron chi connectivity index (χ4n) is 2.26. The van der Waals surface area contributed by atoms with E-state index in [1.165, 1.54) is 7.11 Å². The number of rotatable bonds is 3. The molecule has 2 heterocycles. The molecule has 1 fully saturated rings. The molecule has 1 aliphatic rings. The van der Waals surface area contributed by atoms with Crippen molar-refractivity contribution in [2.45, 2.75) is 25.5 Å². The van der Waals surface area contributed by atoms with Gasteiger partial charge in [-0.25, -0.2) is 9.78 Å². The van der Waals surface area contributed by atoms with E-state index < -0.39 is 0 Å². The van der Waals surface area contributed by atoms with Crippen molar-refractivity contribution in [1.82, 2.24) is 4.98 Å². The Balaban J connectivity index is 2.19. The summed E-state index contributed by atoms with van der Waals surface area (Å²) in [5.41, 5.74) is 0.515. The maximum Gasteiger partial charge on any atom is 0.338 e. The SMILES string of the molecule is COC(=O)c1ccnc(N(C)C2CCOC2C)c1. The van der Waals surface area contributed by atoms with Crippen molar-refractivity contribution in [2.24, 2.45) is 0 Å². The van der Waals surface area contributed by atoms with Gasteiger partial charge in [0.1, 0.15) is 5.82 Å². The molecule has 2 unspecified atom stereocenters. The number of hydrogen-bond donors (Lipinski definition) is 0. The minimum Gasteiger partial charge on any atom is -0.465 e. The maximum absolute atomic E-state index is 11.5. The predicted octanol–water partition coefficient (Wildman–Crippen LogP) is 1.48. The monoisotopic (exact) mass is 250 g/mol. The Morgan fingerprint density at radius 2 is 2.39 bits per heavy atom. The topological polar surface area (TPSA) is 51.7 Å². The number of ether oxygens (including phenoxy) is 2. The van der Waals surface area contributed by atoms with Crippen LogP contribution in [0.3, 0.4) is 0 Å². The molecule has 0 bridgehead atoms. The molecule has 2 atom stereocenters. The second-order valence-electron chi connectivity index (χ2n) is 4.44. The molecule has 0 spiro atoms. The Kier molecular flexibility index (Phi) is 3.81. The number of aromatic nitrogens is 1. The molecule has 0 amide bonds. The maximum atomic E-state index is 11.5. The number of hydrogen-bond acceptors (Lipinski definition) is 5. The molecular weight excluding hydrogens is 232 g/mol. The number of carbonyl (C=O) groups excluding carboxylic acids is 1. The van der Waals surface area contributed by atoms with Gasteiger partial charge >= 0.3 is 5.97 Å². The number of likely N-dealkylation sites (N-methyl/N-ethyl adjacent to an activating group) is 1. The summed E-state index contributed by atoms with van der Waals surface area (Å²) in [6.07, 6.45) is 2.78. The van der Waals surface area contributed by atoms with Crippen LogP contribution in [0.4, 0.5) is 5.82 Å². The molecule has 1 aromatic heterocycles. The number of pyridine rings is 1. The number of anilines is 1. The standard InChI is InChI=1S/C13H18N2O3/c1-9-11(5-7-18-9)15(2)12-8-10(4-6-14-12)13(16)17-3/h4,6,8-9,11H,5,7H2,1-3H3. The van der Waals surface area contributed by atoms with E-state index in [1.807, 2.05) is 7.05 Å². The molecule has 0 aliphatic carbocycles. The lowest BCUT2D eigenvalue weighted by Gasteiger charge is -2.27. The van der Waals surface area contributed by atoms with Gasteiger partial charge in [-0.1, -0.05) is 0 Å². The van der Waals surface area contributed by atoms with E-state index in [9.17, 15) is 4.79 Å². The van der Waals surface area contributed by atoms with Crippen LogP contribution >= 0.6 is 0 Å². The van der Waals surface area contributed by atoms with E-state index in [2.05, 4.69) is 16.8 Å². The van der Waals surface area contributed by atoms with Gasteiger partial charge in [0.2, 0.25) is 0 Å². The molecule has 1 aliphatic heterocycles. The highest BCUT2D eigenvalue weighted by molar-refractivity contribution is 5.90. The van der Waals surface area contributed by atoms with Gasteiger partial charge in [-0.2, -0.15) is 0 Å². The van der Waals surface area contributed by atoms with E-state index in [-0.39, 0.29) is 12.1 Å². The molecule has 5 nitrogen and oxygen atoms in total. The average molecular weight is 250 g/mol. The Morgan fingerprint density at radius 1 is 1.61 bits per heavy atom. The lowest BCUT2D eigenvalue weighted by atomic mass is 10.1. The number of carbonyl (C=O) groups is 1. The van der Waals surface area contributed by atoms with Crippen molar-refractivity contribution < 1.29 is 14.3 Å². The first-order valence-corrected chi connectivity index (χ1v) is 6.02. The van der Waals surface area contributed by atoms with Crippen molar-refractivity contribution in [3.8, 4) is 0 Å². The van der Waals surface area contributed by atoms with Crippen molar-refractivity contribution >= 4 is 11.8 Å². The van der Waals surface area contributed by atoms with Gasteiger partial charge in [-0.05, 0) is 25.5 Å². The molecule has 2 rings (SSSR count). The van der Waals surface area contributed by atoms with E-state index in [4.69, 9.17) is 9.47 Å². The minimum atomic E-state index is -0.345. The molecule has 1 aromatic rings. The highest BCUT2D eigenvalue weighted by Crippen LogP contribution is 2.23. The van der Waals surface area contributed by atoms with Gasteiger partial charge in [0.15, 0.2) is 0 Å². The number of methoxy groups -OCH3 is 1. The summed E-state index contributed by atoms with van der Waals surface area (Å²) >= 11 is 0. The zero-order chi connectivity index (χ0) is 13.1. The lowest BCUT2D eigenvalue weighted by molar-refractivity contribution is 0.0600. The summed E-state index contributed by atoms with van der Waals surface area (Å²) in [7, 11) is 3.35. The van der Waals surface area contributed by atoms with Crippen LogP contribution in [0, 0.1) is 0 Å². The molecule has 0 N–H and O–H groups in total. The van der Waals surface area contributed by atoms with E-state index in [0.717, 1.165) is 18.8 Å². The van der Waals surface area contributed by atoms with Crippen molar-refractivity contribution in [3.63, 3.8) is 0 Å². The Labute approximate surface area is 107 Å². The van der Waals surface area contributed by atoms with Crippen LogP contribution in [0.2, 0.25) is 0 Å². The Bertz CT molecular complexity index is 436. The van der Waals surface area contributed by atoms with Crippen LogP contribution in [0.25, 0.3) is 0 Å². The molecule has 98 valence electrons. The third-order valence-electron chi connectivity index (χ3n) is 3.36. The molecule has 1 saturated heterocycles. The van der Waals surface area contributed by atoms with Crippen molar-refractivity contribution in [3.05, 3.63) is 23.9 Å². The predicted molar refractivity (Wildman–Crippen MR) is 67.8 cm³/mol. The van der Waals surface area contributed by atoms with E-state index in [0.29, 0.717) is 11.6 Å². The largest absolute Gasteiger partial charge is 0.465 e. The third kappa shape index (κ3) is 2.46. The van der Waals surface area contributed by atoms with Crippen molar-refractivity contribution in [2.75, 3.05) is 25.7 Å². The number of esters is 1. The quantitative estimate of drug-likeness (QED) is 0.761. The highest BCUT2D eigenvalue weighted by Gasteiger charge is 2.28. The van der Waals surface area contributed by atoms with Gasteiger partial charge in [0.05, 0.1) is 24.8 Å². The van der Waals surface area contributed by atoms with Gasteiger partial charge < -0.3 is 14.4 Å². The smallest absolute Gasteiger partial charge is 0.338 e. The summed E-state index contributed by atoms with van der Waals surface area (Å²) in [5, 5.41) is 0. The second kappa shape index (κ2) is 5.35. The molecule has 18 heavy (non-hydrogen) atoms. The van der Waals surface area contributed by atoms with E-state index in [1.54, 1.807) is 18.3 Å². The van der Waals surface area contributed by atoms with Crippen molar-refractivity contribution in [1.29, 1.82) is 0 Å². The van der Waals surface area contributed by atoms with Gasteiger partial charge in [0, 0.05) is 19.9 Å². The summed E-state index contributed by atoms with van der Waals surface area (Å²) in [4.78, 5) is 17.8. The van der Waals surface area contributed by atoms with Gasteiger partial charge in [0.25, 0.3) is 0 Å². The van der Waals surface area contributed by atoms with Crippen LogP contribution < -0.4 is 4.90 Å². The first-order chi connectivity index (χ1) is 8.63.